The molecule has 19 heavy (non-hydrogen) atoms. The zero-order valence-electron chi connectivity index (χ0n) is 10.8. The van der Waals surface area contributed by atoms with E-state index in [4.69, 9.17) is 9.84 Å². The standard InChI is InChI=1S/C13H19NO5/c15-11-5-4-9-14(11)8-2-1-3-10-19-13(18)7-6-12(16)17/h6-7H,1-5,8-10H2,(H,16,17)/b7-6-. The summed E-state index contributed by atoms with van der Waals surface area (Å²) in [6.45, 7) is 1.90. The van der Waals surface area contributed by atoms with Crippen LogP contribution in [0.2, 0.25) is 0 Å². The third-order valence-electron chi connectivity index (χ3n) is 2.85. The summed E-state index contributed by atoms with van der Waals surface area (Å²) >= 11 is 0. The molecule has 0 aromatic heterocycles. The Morgan fingerprint density at radius 2 is 2.05 bits per heavy atom. The van der Waals surface area contributed by atoms with Crippen LogP contribution in [0.1, 0.15) is 32.1 Å². The fourth-order valence-electron chi connectivity index (χ4n) is 1.88. The molecular formula is C13H19NO5. The number of carbonyl (C=O) groups is 3. The first-order chi connectivity index (χ1) is 9.09. The smallest absolute Gasteiger partial charge is 0.331 e. The Bertz CT molecular complexity index is 364. The molecule has 0 atom stereocenters. The third kappa shape index (κ3) is 6.59. The van der Waals surface area contributed by atoms with Crippen molar-refractivity contribution in [2.75, 3.05) is 19.7 Å². The predicted octanol–water partition coefficient (Wildman–Crippen LogP) is 0.963. The fraction of sp³-hybridized carbons (Fsp3) is 0.615. The maximum atomic E-state index is 11.3. The van der Waals surface area contributed by atoms with E-state index in [-0.39, 0.29) is 12.5 Å². The van der Waals surface area contributed by atoms with Crippen LogP contribution in [0.3, 0.4) is 0 Å². The highest BCUT2D eigenvalue weighted by atomic mass is 16.5. The Kier molecular flexibility index (Phi) is 6.63. The van der Waals surface area contributed by atoms with Crippen LogP contribution in [0.5, 0.6) is 0 Å². The lowest BCUT2D eigenvalue weighted by Crippen LogP contribution is -2.25. The number of nitrogens with zero attached hydrogens (tertiary/aromatic N) is 1. The van der Waals surface area contributed by atoms with Gasteiger partial charge in [-0.2, -0.15) is 0 Å². The molecule has 0 aromatic rings. The van der Waals surface area contributed by atoms with Crippen LogP contribution in [0, 0.1) is 0 Å². The van der Waals surface area contributed by atoms with Crippen LogP contribution in [-0.4, -0.2) is 47.5 Å². The van der Waals surface area contributed by atoms with Crippen LogP contribution in [-0.2, 0) is 19.1 Å². The second-order valence-electron chi connectivity index (χ2n) is 4.38. The van der Waals surface area contributed by atoms with Gasteiger partial charge in [-0.1, -0.05) is 0 Å². The summed E-state index contributed by atoms with van der Waals surface area (Å²) in [5.41, 5.74) is 0. The summed E-state index contributed by atoms with van der Waals surface area (Å²) in [6.07, 6.45) is 5.75. The van der Waals surface area contributed by atoms with Crippen LogP contribution in [0.4, 0.5) is 0 Å². The molecule has 0 aliphatic carbocycles. The summed E-state index contributed by atoms with van der Waals surface area (Å²) in [5.74, 6) is -1.59. The lowest BCUT2D eigenvalue weighted by atomic mass is 10.2. The minimum atomic E-state index is -1.17. The molecule has 1 fully saturated rings. The summed E-state index contributed by atoms with van der Waals surface area (Å²) < 4.78 is 4.82. The number of rotatable bonds is 8. The first kappa shape index (κ1) is 15.2. The van der Waals surface area contributed by atoms with E-state index in [1.165, 1.54) is 0 Å². The van der Waals surface area contributed by atoms with Crippen LogP contribution in [0.25, 0.3) is 0 Å². The Balaban J connectivity index is 1.97. The van der Waals surface area contributed by atoms with E-state index in [0.29, 0.717) is 12.8 Å². The van der Waals surface area contributed by atoms with E-state index in [1.807, 2.05) is 4.90 Å². The highest BCUT2D eigenvalue weighted by Crippen LogP contribution is 2.10. The molecule has 1 N–H and O–H groups in total. The second kappa shape index (κ2) is 8.29. The van der Waals surface area contributed by atoms with Crippen LogP contribution >= 0.6 is 0 Å². The molecule has 1 amide bonds. The monoisotopic (exact) mass is 269 g/mol. The molecule has 0 unspecified atom stereocenters. The van der Waals surface area contributed by atoms with Gasteiger partial charge in [-0.15, -0.1) is 0 Å². The maximum absolute atomic E-state index is 11.3. The quantitative estimate of drug-likeness (QED) is 0.403. The number of hydrogen-bond donors (Lipinski definition) is 1. The Morgan fingerprint density at radius 3 is 2.68 bits per heavy atom. The minimum Gasteiger partial charge on any atom is -0.478 e. The largest absolute Gasteiger partial charge is 0.478 e. The highest BCUT2D eigenvalue weighted by Gasteiger charge is 2.18. The zero-order valence-corrected chi connectivity index (χ0v) is 10.8. The van der Waals surface area contributed by atoms with Crippen molar-refractivity contribution in [2.45, 2.75) is 32.1 Å². The average molecular weight is 269 g/mol. The SMILES string of the molecule is O=C(O)/C=C\C(=O)OCCCCCN1CCCC1=O. The molecule has 1 heterocycles. The predicted molar refractivity (Wildman–Crippen MR) is 67.4 cm³/mol. The molecule has 1 aliphatic heterocycles. The van der Waals surface area contributed by atoms with Crippen molar-refractivity contribution in [3.63, 3.8) is 0 Å². The van der Waals surface area contributed by atoms with Gasteiger partial charge in [-0.05, 0) is 25.7 Å². The molecule has 1 rings (SSSR count). The molecule has 1 saturated heterocycles. The number of hydrogen-bond acceptors (Lipinski definition) is 4. The van der Waals surface area contributed by atoms with E-state index >= 15 is 0 Å². The summed E-state index contributed by atoms with van der Waals surface area (Å²) in [4.78, 5) is 34.3. The number of esters is 1. The third-order valence-corrected chi connectivity index (χ3v) is 2.85. The van der Waals surface area contributed by atoms with Crippen molar-refractivity contribution in [3.8, 4) is 0 Å². The van der Waals surface area contributed by atoms with Gasteiger partial charge in [0, 0.05) is 31.7 Å². The van der Waals surface area contributed by atoms with Gasteiger partial charge in [0.05, 0.1) is 6.61 Å². The van der Waals surface area contributed by atoms with Crippen molar-refractivity contribution in [3.05, 3.63) is 12.2 Å². The number of carboxylic acids is 1. The lowest BCUT2D eigenvalue weighted by Gasteiger charge is -2.14. The van der Waals surface area contributed by atoms with Crippen molar-refractivity contribution < 1.29 is 24.2 Å². The summed E-state index contributed by atoms with van der Waals surface area (Å²) in [5, 5.41) is 8.30. The Labute approximate surface area is 112 Å². The van der Waals surface area contributed by atoms with Crippen molar-refractivity contribution in [2.24, 2.45) is 0 Å². The molecule has 6 heteroatoms. The van der Waals surface area contributed by atoms with Crippen molar-refractivity contribution >= 4 is 17.8 Å². The number of ether oxygens (including phenoxy) is 1. The molecule has 0 bridgehead atoms. The van der Waals surface area contributed by atoms with Crippen LogP contribution in [0.15, 0.2) is 12.2 Å². The Morgan fingerprint density at radius 1 is 1.26 bits per heavy atom. The number of amides is 1. The normalized spacial score (nSPS) is 15.2. The van der Waals surface area contributed by atoms with E-state index in [1.54, 1.807) is 0 Å². The van der Waals surface area contributed by atoms with Crippen LogP contribution < -0.4 is 0 Å². The van der Waals surface area contributed by atoms with Gasteiger partial charge in [0.2, 0.25) is 5.91 Å². The van der Waals surface area contributed by atoms with Gasteiger partial charge < -0.3 is 14.7 Å². The molecular weight excluding hydrogens is 250 g/mol. The zero-order chi connectivity index (χ0) is 14.1. The van der Waals surface area contributed by atoms with Gasteiger partial charge in [0.1, 0.15) is 0 Å². The lowest BCUT2D eigenvalue weighted by molar-refractivity contribution is -0.138. The van der Waals surface area contributed by atoms with Gasteiger partial charge in [0.25, 0.3) is 0 Å². The number of likely N-dealkylation sites (tertiary alicyclic amines) is 1. The van der Waals surface area contributed by atoms with Crippen molar-refractivity contribution in [1.82, 2.24) is 4.90 Å². The number of aliphatic carboxylic acids is 1. The summed E-state index contributed by atoms with van der Waals surface area (Å²) in [6, 6.07) is 0. The first-order valence-electron chi connectivity index (χ1n) is 6.45. The number of carboxylic acid groups (broad SMARTS) is 1. The number of carbonyl (C=O) groups excluding carboxylic acids is 2. The van der Waals surface area contributed by atoms with Gasteiger partial charge >= 0.3 is 11.9 Å². The molecule has 0 saturated carbocycles. The molecule has 1 aliphatic rings. The maximum Gasteiger partial charge on any atom is 0.331 e. The highest BCUT2D eigenvalue weighted by molar-refractivity contribution is 5.90. The topological polar surface area (TPSA) is 83.9 Å². The molecule has 106 valence electrons. The van der Waals surface area contributed by atoms with E-state index < -0.39 is 11.9 Å². The molecule has 0 spiro atoms. The van der Waals surface area contributed by atoms with Gasteiger partial charge in [-0.25, -0.2) is 9.59 Å². The average Bonchev–Trinajstić information content (AvgIpc) is 2.77. The van der Waals surface area contributed by atoms with E-state index in [0.717, 1.165) is 44.5 Å². The minimum absolute atomic E-state index is 0.227. The molecule has 6 nitrogen and oxygen atoms in total. The number of unbranched alkanes of at least 4 members (excludes halogenated alkanes) is 2. The van der Waals surface area contributed by atoms with Gasteiger partial charge in [-0.3, -0.25) is 4.79 Å². The Hall–Kier alpha value is -1.85. The molecule has 0 radical (unpaired) electrons. The summed E-state index contributed by atoms with van der Waals surface area (Å²) in [7, 11) is 0. The van der Waals surface area contributed by atoms with E-state index in [2.05, 4.69) is 0 Å². The second-order valence-corrected chi connectivity index (χ2v) is 4.38. The van der Waals surface area contributed by atoms with Gasteiger partial charge in [0.15, 0.2) is 0 Å². The van der Waals surface area contributed by atoms with E-state index in [9.17, 15) is 14.4 Å². The van der Waals surface area contributed by atoms with Crippen molar-refractivity contribution in [1.29, 1.82) is 0 Å². The molecule has 0 aromatic carbocycles. The first-order valence-corrected chi connectivity index (χ1v) is 6.45. The fourth-order valence-corrected chi connectivity index (χ4v) is 1.88.